The van der Waals surface area contributed by atoms with Crippen LogP contribution in [0.1, 0.15) is 35.7 Å². The zero-order valence-electron chi connectivity index (χ0n) is 15.8. The van der Waals surface area contributed by atoms with Gasteiger partial charge in [0.1, 0.15) is 5.75 Å². The molecule has 0 atom stereocenters. The largest absolute Gasteiger partial charge is 0.496 e. The normalized spacial score (nSPS) is 11.1. The summed E-state index contributed by atoms with van der Waals surface area (Å²) in [5.74, 6) is 1.23. The molecule has 4 rings (SSSR count). The number of amides is 1. The summed E-state index contributed by atoms with van der Waals surface area (Å²) in [5.41, 5.74) is 3.56. The second-order valence-corrected chi connectivity index (χ2v) is 7.52. The SMILES string of the molecule is COc1ccccc1-c1csc2nc(NC(=O)c3ccc(C(C)C)cc3)nn12. The highest BCUT2D eigenvalue weighted by atomic mass is 32.1. The van der Waals surface area contributed by atoms with Crippen LogP contribution < -0.4 is 10.1 Å². The van der Waals surface area contributed by atoms with Gasteiger partial charge in [0.25, 0.3) is 11.9 Å². The Labute approximate surface area is 166 Å². The molecular weight excluding hydrogens is 372 g/mol. The van der Waals surface area contributed by atoms with Gasteiger partial charge in [0.15, 0.2) is 0 Å². The fourth-order valence-corrected chi connectivity index (χ4v) is 3.79. The van der Waals surface area contributed by atoms with Gasteiger partial charge in [-0.2, -0.15) is 4.98 Å². The maximum Gasteiger partial charge on any atom is 0.258 e. The lowest BCUT2D eigenvalue weighted by molar-refractivity contribution is 0.102. The average Bonchev–Trinajstić information content (AvgIpc) is 3.28. The van der Waals surface area contributed by atoms with Crippen LogP contribution in [-0.4, -0.2) is 27.6 Å². The number of hydrogen-bond donors (Lipinski definition) is 1. The zero-order chi connectivity index (χ0) is 19.7. The molecule has 0 saturated carbocycles. The molecular formula is C21H20N4O2S. The summed E-state index contributed by atoms with van der Waals surface area (Å²) in [5, 5.41) is 9.22. The quantitative estimate of drug-likeness (QED) is 0.528. The van der Waals surface area contributed by atoms with Gasteiger partial charge in [-0.05, 0) is 35.7 Å². The Morgan fingerprint density at radius 2 is 1.89 bits per heavy atom. The predicted molar refractivity (Wildman–Crippen MR) is 111 cm³/mol. The van der Waals surface area contributed by atoms with Crippen LogP contribution >= 0.6 is 11.3 Å². The van der Waals surface area contributed by atoms with Crippen molar-refractivity contribution in [2.45, 2.75) is 19.8 Å². The van der Waals surface area contributed by atoms with E-state index in [1.54, 1.807) is 11.6 Å². The van der Waals surface area contributed by atoms with Crippen LogP contribution in [0.4, 0.5) is 5.95 Å². The van der Waals surface area contributed by atoms with Gasteiger partial charge in [-0.1, -0.05) is 38.1 Å². The first kappa shape index (κ1) is 18.2. The lowest BCUT2D eigenvalue weighted by atomic mass is 10.0. The number of carbonyl (C=O) groups is 1. The van der Waals surface area contributed by atoms with Gasteiger partial charge in [-0.15, -0.1) is 16.4 Å². The molecule has 1 N–H and O–H groups in total. The standard InChI is InChI=1S/C21H20N4O2S/c1-13(2)14-8-10-15(11-9-14)19(26)22-20-23-21-25(24-20)17(12-28-21)16-6-4-5-7-18(16)27-3/h4-13H,1-3H3,(H,22,24,26). The van der Waals surface area contributed by atoms with Gasteiger partial charge in [0, 0.05) is 16.5 Å². The number of thiazole rings is 1. The van der Waals surface area contributed by atoms with E-state index in [2.05, 4.69) is 29.2 Å². The molecule has 0 radical (unpaired) electrons. The molecule has 142 valence electrons. The van der Waals surface area contributed by atoms with Crippen LogP contribution in [0, 0.1) is 0 Å². The van der Waals surface area contributed by atoms with E-state index in [4.69, 9.17) is 4.74 Å². The van der Waals surface area contributed by atoms with E-state index in [-0.39, 0.29) is 11.9 Å². The number of ether oxygens (including phenoxy) is 1. The number of hydrogen-bond acceptors (Lipinski definition) is 5. The highest BCUT2D eigenvalue weighted by Gasteiger charge is 2.16. The van der Waals surface area contributed by atoms with Crippen molar-refractivity contribution < 1.29 is 9.53 Å². The minimum Gasteiger partial charge on any atom is -0.496 e. The summed E-state index contributed by atoms with van der Waals surface area (Å²) in [6.45, 7) is 4.24. The Balaban J connectivity index is 1.60. The van der Waals surface area contributed by atoms with Crippen LogP contribution in [0.15, 0.2) is 53.9 Å². The fraction of sp³-hybridized carbons (Fsp3) is 0.190. The van der Waals surface area contributed by atoms with Gasteiger partial charge in [0.2, 0.25) is 4.96 Å². The first-order valence-electron chi connectivity index (χ1n) is 8.96. The lowest BCUT2D eigenvalue weighted by Crippen LogP contribution is -2.13. The van der Waals surface area contributed by atoms with Crippen molar-refractivity contribution in [2.24, 2.45) is 0 Å². The minimum atomic E-state index is -0.229. The van der Waals surface area contributed by atoms with E-state index < -0.39 is 0 Å². The molecule has 2 aromatic carbocycles. The van der Waals surface area contributed by atoms with Gasteiger partial charge < -0.3 is 4.74 Å². The lowest BCUT2D eigenvalue weighted by Gasteiger charge is -2.07. The smallest absolute Gasteiger partial charge is 0.258 e. The molecule has 0 saturated heterocycles. The summed E-state index contributed by atoms with van der Waals surface area (Å²) in [4.78, 5) is 17.7. The molecule has 6 nitrogen and oxygen atoms in total. The maximum absolute atomic E-state index is 12.5. The molecule has 0 aliphatic heterocycles. The van der Waals surface area contributed by atoms with E-state index in [0.717, 1.165) is 17.0 Å². The van der Waals surface area contributed by atoms with Crippen LogP contribution in [0.25, 0.3) is 16.2 Å². The summed E-state index contributed by atoms with van der Waals surface area (Å²) in [6.07, 6.45) is 0. The Morgan fingerprint density at radius 1 is 1.14 bits per heavy atom. The molecule has 4 aromatic rings. The highest BCUT2D eigenvalue weighted by molar-refractivity contribution is 7.15. The maximum atomic E-state index is 12.5. The van der Waals surface area contributed by atoms with E-state index in [1.165, 1.54) is 16.9 Å². The average molecular weight is 392 g/mol. The number of benzene rings is 2. The Hall–Kier alpha value is -3.19. The predicted octanol–water partition coefficient (Wildman–Crippen LogP) is 4.84. The van der Waals surface area contributed by atoms with Crippen molar-refractivity contribution >= 4 is 28.2 Å². The van der Waals surface area contributed by atoms with Crippen molar-refractivity contribution in [3.05, 3.63) is 65.0 Å². The molecule has 28 heavy (non-hydrogen) atoms. The highest BCUT2D eigenvalue weighted by Crippen LogP contribution is 2.32. The third-order valence-corrected chi connectivity index (χ3v) is 5.35. The first-order valence-corrected chi connectivity index (χ1v) is 9.83. The molecule has 0 unspecified atom stereocenters. The number of fused-ring (bicyclic) bond motifs is 1. The number of nitrogens with one attached hydrogen (secondary N) is 1. The molecule has 0 spiro atoms. The summed E-state index contributed by atoms with van der Waals surface area (Å²) >= 11 is 1.46. The topological polar surface area (TPSA) is 68.5 Å². The molecule has 0 aliphatic rings. The monoisotopic (exact) mass is 392 g/mol. The molecule has 7 heteroatoms. The van der Waals surface area contributed by atoms with Gasteiger partial charge in [0.05, 0.1) is 12.8 Å². The molecule has 2 heterocycles. The number of nitrogens with zero attached hydrogens (tertiary/aromatic N) is 3. The minimum absolute atomic E-state index is 0.229. The van der Waals surface area contributed by atoms with E-state index in [1.807, 2.05) is 53.9 Å². The zero-order valence-corrected chi connectivity index (χ0v) is 16.7. The number of methoxy groups -OCH3 is 1. The van der Waals surface area contributed by atoms with Crippen molar-refractivity contribution in [3.8, 4) is 17.0 Å². The second kappa shape index (κ2) is 7.44. The van der Waals surface area contributed by atoms with E-state index in [9.17, 15) is 4.79 Å². The van der Waals surface area contributed by atoms with E-state index >= 15 is 0 Å². The van der Waals surface area contributed by atoms with Gasteiger partial charge in [-0.25, -0.2) is 4.52 Å². The Kier molecular flexibility index (Phi) is 4.83. The second-order valence-electron chi connectivity index (χ2n) is 6.68. The van der Waals surface area contributed by atoms with Crippen molar-refractivity contribution in [1.29, 1.82) is 0 Å². The first-order chi connectivity index (χ1) is 13.6. The van der Waals surface area contributed by atoms with Gasteiger partial charge in [-0.3, -0.25) is 10.1 Å². The molecule has 0 fully saturated rings. The number of aromatic nitrogens is 3. The number of carbonyl (C=O) groups excluding carboxylic acids is 1. The third kappa shape index (κ3) is 3.36. The summed E-state index contributed by atoms with van der Waals surface area (Å²) < 4.78 is 7.17. The van der Waals surface area contributed by atoms with Crippen molar-refractivity contribution in [2.75, 3.05) is 12.4 Å². The summed E-state index contributed by atoms with van der Waals surface area (Å²) in [7, 11) is 1.64. The van der Waals surface area contributed by atoms with Crippen LogP contribution in [0.2, 0.25) is 0 Å². The summed E-state index contributed by atoms with van der Waals surface area (Å²) in [6, 6.07) is 15.3. The molecule has 2 aromatic heterocycles. The third-order valence-electron chi connectivity index (χ3n) is 4.53. The van der Waals surface area contributed by atoms with Gasteiger partial charge >= 0.3 is 0 Å². The number of para-hydroxylation sites is 1. The fourth-order valence-electron chi connectivity index (χ4n) is 2.97. The Bertz CT molecular complexity index is 1130. The number of rotatable bonds is 5. The van der Waals surface area contributed by atoms with E-state index in [0.29, 0.717) is 16.4 Å². The molecule has 0 bridgehead atoms. The van der Waals surface area contributed by atoms with Crippen LogP contribution in [-0.2, 0) is 0 Å². The van der Waals surface area contributed by atoms with Crippen LogP contribution in [0.3, 0.4) is 0 Å². The Morgan fingerprint density at radius 3 is 2.61 bits per heavy atom. The number of anilines is 1. The molecule has 0 aliphatic carbocycles. The van der Waals surface area contributed by atoms with Crippen LogP contribution in [0.5, 0.6) is 5.75 Å². The van der Waals surface area contributed by atoms with Crippen molar-refractivity contribution in [3.63, 3.8) is 0 Å². The van der Waals surface area contributed by atoms with Crippen molar-refractivity contribution in [1.82, 2.24) is 14.6 Å². The molecule has 1 amide bonds.